The van der Waals surface area contributed by atoms with Gasteiger partial charge in [-0.1, -0.05) is 17.7 Å². The SMILES string of the molecule is COC(=O)CN1CCC(C2CCN(c3cc(Nc4cccc(Cl)c4)ncn3)CC2)CC1. The fraction of sp³-hybridized carbons (Fsp3) is 0.522. The number of hydrogen-bond acceptors (Lipinski definition) is 7. The van der Waals surface area contributed by atoms with Crippen molar-refractivity contribution in [2.75, 3.05) is 50.1 Å². The highest BCUT2D eigenvalue weighted by atomic mass is 35.5. The number of methoxy groups -OCH3 is 1. The Hall–Kier alpha value is -2.38. The number of nitrogens with zero attached hydrogens (tertiary/aromatic N) is 4. The summed E-state index contributed by atoms with van der Waals surface area (Å²) in [6.07, 6.45) is 6.32. The molecule has 0 unspecified atom stereocenters. The van der Waals surface area contributed by atoms with E-state index in [4.69, 9.17) is 16.3 Å². The molecule has 0 saturated carbocycles. The largest absolute Gasteiger partial charge is 0.468 e. The molecule has 0 amide bonds. The molecule has 166 valence electrons. The third-order valence-electron chi connectivity index (χ3n) is 6.49. The van der Waals surface area contributed by atoms with Gasteiger partial charge in [-0.2, -0.15) is 0 Å². The summed E-state index contributed by atoms with van der Waals surface area (Å²) in [7, 11) is 1.46. The zero-order valence-corrected chi connectivity index (χ0v) is 18.7. The number of carbonyl (C=O) groups is 1. The van der Waals surface area contributed by atoms with Gasteiger partial charge in [-0.15, -0.1) is 0 Å². The second kappa shape index (κ2) is 10.3. The van der Waals surface area contributed by atoms with Crippen molar-refractivity contribution in [3.63, 3.8) is 0 Å². The molecule has 2 fully saturated rings. The third kappa shape index (κ3) is 5.86. The van der Waals surface area contributed by atoms with Gasteiger partial charge in [-0.05, 0) is 68.8 Å². The first kappa shape index (κ1) is 21.8. The molecule has 2 aliphatic heterocycles. The van der Waals surface area contributed by atoms with E-state index in [1.807, 2.05) is 30.3 Å². The summed E-state index contributed by atoms with van der Waals surface area (Å²) in [4.78, 5) is 24.9. The Bertz CT molecular complexity index is 880. The molecule has 0 aliphatic carbocycles. The summed E-state index contributed by atoms with van der Waals surface area (Å²) in [6.45, 7) is 4.43. The highest BCUT2D eigenvalue weighted by Crippen LogP contribution is 2.34. The molecule has 0 atom stereocenters. The number of rotatable bonds is 6. The molecule has 4 rings (SSSR count). The molecule has 1 aromatic carbocycles. The van der Waals surface area contributed by atoms with E-state index >= 15 is 0 Å². The highest BCUT2D eigenvalue weighted by molar-refractivity contribution is 6.30. The Kier molecular flexibility index (Phi) is 7.25. The van der Waals surface area contributed by atoms with Gasteiger partial charge in [0.15, 0.2) is 0 Å². The maximum atomic E-state index is 11.5. The molecule has 0 spiro atoms. The van der Waals surface area contributed by atoms with E-state index in [9.17, 15) is 4.79 Å². The van der Waals surface area contributed by atoms with Crippen molar-refractivity contribution in [2.45, 2.75) is 25.7 Å². The number of anilines is 3. The van der Waals surface area contributed by atoms with Gasteiger partial charge in [0.05, 0.1) is 13.7 Å². The van der Waals surface area contributed by atoms with Gasteiger partial charge in [-0.3, -0.25) is 9.69 Å². The van der Waals surface area contributed by atoms with Gasteiger partial charge < -0.3 is 15.0 Å². The van der Waals surface area contributed by atoms with Crippen molar-refractivity contribution in [3.8, 4) is 0 Å². The Morgan fingerprint density at radius 3 is 2.48 bits per heavy atom. The van der Waals surface area contributed by atoms with Crippen LogP contribution in [0.4, 0.5) is 17.3 Å². The Morgan fingerprint density at radius 1 is 1.10 bits per heavy atom. The van der Waals surface area contributed by atoms with Crippen LogP contribution in [0.1, 0.15) is 25.7 Å². The number of esters is 1. The lowest BCUT2D eigenvalue weighted by molar-refractivity contribution is -0.142. The summed E-state index contributed by atoms with van der Waals surface area (Å²) in [5.74, 6) is 3.10. The van der Waals surface area contributed by atoms with Crippen molar-refractivity contribution >= 4 is 34.9 Å². The number of hydrogen-bond donors (Lipinski definition) is 1. The van der Waals surface area contributed by atoms with Crippen LogP contribution in [0.25, 0.3) is 0 Å². The molecule has 3 heterocycles. The normalized spacial score (nSPS) is 18.7. The molecule has 2 aromatic rings. The minimum Gasteiger partial charge on any atom is -0.468 e. The number of nitrogens with one attached hydrogen (secondary N) is 1. The van der Waals surface area contributed by atoms with E-state index in [1.165, 1.54) is 32.8 Å². The van der Waals surface area contributed by atoms with Crippen LogP contribution in [0.15, 0.2) is 36.7 Å². The van der Waals surface area contributed by atoms with Gasteiger partial charge in [0.25, 0.3) is 0 Å². The van der Waals surface area contributed by atoms with Crippen molar-refractivity contribution < 1.29 is 9.53 Å². The molecular formula is C23H30ClN5O2. The van der Waals surface area contributed by atoms with Crippen LogP contribution >= 0.6 is 11.6 Å². The van der Waals surface area contributed by atoms with E-state index in [-0.39, 0.29) is 5.97 Å². The molecule has 2 aliphatic rings. The molecule has 2 saturated heterocycles. The van der Waals surface area contributed by atoms with Crippen molar-refractivity contribution in [2.24, 2.45) is 11.8 Å². The predicted molar refractivity (Wildman–Crippen MR) is 123 cm³/mol. The number of ether oxygens (including phenoxy) is 1. The fourth-order valence-corrected chi connectivity index (χ4v) is 4.92. The van der Waals surface area contributed by atoms with E-state index in [1.54, 1.807) is 6.33 Å². The summed E-state index contributed by atoms with van der Waals surface area (Å²) in [5, 5.41) is 4.00. The average molecular weight is 444 g/mol. The molecule has 0 bridgehead atoms. The first-order chi connectivity index (χ1) is 15.1. The smallest absolute Gasteiger partial charge is 0.319 e. The second-order valence-electron chi connectivity index (χ2n) is 8.41. The summed E-state index contributed by atoms with van der Waals surface area (Å²) in [5.41, 5.74) is 0.911. The third-order valence-corrected chi connectivity index (χ3v) is 6.73. The average Bonchev–Trinajstić information content (AvgIpc) is 2.80. The molecule has 7 nitrogen and oxygen atoms in total. The molecule has 1 aromatic heterocycles. The zero-order chi connectivity index (χ0) is 21.6. The van der Waals surface area contributed by atoms with E-state index in [0.29, 0.717) is 11.6 Å². The first-order valence-corrected chi connectivity index (χ1v) is 11.4. The molecular weight excluding hydrogens is 414 g/mol. The maximum Gasteiger partial charge on any atom is 0.319 e. The summed E-state index contributed by atoms with van der Waals surface area (Å²) in [6, 6.07) is 9.62. The number of halogens is 1. The minimum atomic E-state index is -0.138. The van der Waals surface area contributed by atoms with Crippen molar-refractivity contribution in [1.29, 1.82) is 0 Å². The van der Waals surface area contributed by atoms with Crippen LogP contribution in [0, 0.1) is 11.8 Å². The predicted octanol–water partition coefficient (Wildman–Crippen LogP) is 3.98. The van der Waals surface area contributed by atoms with E-state index in [2.05, 4.69) is 25.1 Å². The van der Waals surface area contributed by atoms with Gasteiger partial charge >= 0.3 is 5.97 Å². The minimum absolute atomic E-state index is 0.138. The molecule has 31 heavy (non-hydrogen) atoms. The molecule has 8 heteroatoms. The summed E-state index contributed by atoms with van der Waals surface area (Å²) >= 11 is 6.07. The van der Waals surface area contributed by atoms with Crippen LogP contribution in [-0.4, -0.2) is 60.7 Å². The van der Waals surface area contributed by atoms with Crippen LogP contribution < -0.4 is 10.2 Å². The number of carbonyl (C=O) groups excluding carboxylic acids is 1. The number of piperidine rings is 2. The number of likely N-dealkylation sites (tertiary alicyclic amines) is 1. The van der Waals surface area contributed by atoms with E-state index in [0.717, 1.165) is 55.3 Å². The van der Waals surface area contributed by atoms with Crippen LogP contribution in [0.5, 0.6) is 0 Å². The molecule has 0 radical (unpaired) electrons. The highest BCUT2D eigenvalue weighted by Gasteiger charge is 2.30. The maximum absolute atomic E-state index is 11.5. The standard InChI is InChI=1S/C23H30ClN5O2/c1-31-23(30)15-28-9-5-17(6-10-28)18-7-11-29(12-8-18)22-14-21(25-16-26-22)27-20-4-2-3-19(24)13-20/h2-4,13-14,16-18H,5-12,15H2,1H3,(H,25,26,27). The quantitative estimate of drug-likeness (QED) is 0.677. The van der Waals surface area contributed by atoms with Gasteiger partial charge in [0, 0.05) is 29.9 Å². The fourth-order valence-electron chi connectivity index (χ4n) is 4.73. The first-order valence-electron chi connectivity index (χ1n) is 11.0. The van der Waals surface area contributed by atoms with Gasteiger partial charge in [-0.25, -0.2) is 9.97 Å². The number of aromatic nitrogens is 2. The molecule has 1 N–H and O–H groups in total. The number of benzene rings is 1. The van der Waals surface area contributed by atoms with Crippen molar-refractivity contribution in [3.05, 3.63) is 41.7 Å². The lowest BCUT2D eigenvalue weighted by atomic mass is 9.79. The second-order valence-corrected chi connectivity index (χ2v) is 8.85. The van der Waals surface area contributed by atoms with Crippen LogP contribution in [-0.2, 0) is 9.53 Å². The zero-order valence-electron chi connectivity index (χ0n) is 18.0. The summed E-state index contributed by atoms with van der Waals surface area (Å²) < 4.78 is 4.79. The van der Waals surface area contributed by atoms with Crippen molar-refractivity contribution in [1.82, 2.24) is 14.9 Å². The topological polar surface area (TPSA) is 70.6 Å². The lowest BCUT2D eigenvalue weighted by Gasteiger charge is -2.40. The Morgan fingerprint density at radius 2 is 1.81 bits per heavy atom. The van der Waals surface area contributed by atoms with Crippen LogP contribution in [0.3, 0.4) is 0 Å². The van der Waals surface area contributed by atoms with Gasteiger partial charge in [0.1, 0.15) is 18.0 Å². The van der Waals surface area contributed by atoms with Crippen LogP contribution in [0.2, 0.25) is 5.02 Å². The Balaban J connectivity index is 1.28. The van der Waals surface area contributed by atoms with E-state index < -0.39 is 0 Å². The monoisotopic (exact) mass is 443 g/mol. The lowest BCUT2D eigenvalue weighted by Crippen LogP contribution is -2.42. The Labute approximate surface area is 188 Å². The van der Waals surface area contributed by atoms with Gasteiger partial charge in [0.2, 0.25) is 0 Å².